The standard InChI is InChI=1S/C10H20N2O/c1-7-2-3-9(11-5-7)8-4-10(13)12-6-8/h7-13H,2-6H2,1H3. The first kappa shape index (κ1) is 9.44. The van der Waals surface area contributed by atoms with E-state index >= 15 is 0 Å². The molecule has 3 heteroatoms. The van der Waals surface area contributed by atoms with Gasteiger partial charge in [-0.05, 0) is 37.6 Å². The Labute approximate surface area is 79.9 Å². The van der Waals surface area contributed by atoms with Crippen LogP contribution < -0.4 is 10.6 Å². The third kappa shape index (κ3) is 2.22. The molecule has 13 heavy (non-hydrogen) atoms. The molecule has 2 rings (SSSR count). The molecule has 2 saturated heterocycles. The molecule has 0 aliphatic carbocycles. The maximum atomic E-state index is 9.34. The number of hydrogen-bond acceptors (Lipinski definition) is 3. The van der Waals surface area contributed by atoms with Gasteiger partial charge in [0.1, 0.15) is 6.23 Å². The van der Waals surface area contributed by atoms with Gasteiger partial charge in [-0.3, -0.25) is 5.32 Å². The molecule has 2 aliphatic heterocycles. The summed E-state index contributed by atoms with van der Waals surface area (Å²) in [5.74, 6) is 1.47. The molecule has 2 fully saturated rings. The Bertz CT molecular complexity index is 166. The molecule has 4 atom stereocenters. The maximum absolute atomic E-state index is 9.34. The number of aliphatic hydroxyl groups excluding tert-OH is 1. The molecule has 2 heterocycles. The van der Waals surface area contributed by atoms with E-state index in [0.29, 0.717) is 12.0 Å². The molecule has 0 radical (unpaired) electrons. The molecule has 3 N–H and O–H groups in total. The van der Waals surface area contributed by atoms with E-state index in [0.717, 1.165) is 25.4 Å². The van der Waals surface area contributed by atoms with Crippen LogP contribution in [0.2, 0.25) is 0 Å². The summed E-state index contributed by atoms with van der Waals surface area (Å²) in [7, 11) is 0. The van der Waals surface area contributed by atoms with Crippen LogP contribution in [-0.2, 0) is 0 Å². The van der Waals surface area contributed by atoms with Gasteiger partial charge in [-0.15, -0.1) is 0 Å². The van der Waals surface area contributed by atoms with Gasteiger partial charge in [-0.1, -0.05) is 6.92 Å². The smallest absolute Gasteiger partial charge is 0.105 e. The van der Waals surface area contributed by atoms with Gasteiger partial charge in [0.15, 0.2) is 0 Å². The lowest BCUT2D eigenvalue weighted by Gasteiger charge is -2.31. The SMILES string of the molecule is CC1CCC(C2CNC(O)C2)NC1. The van der Waals surface area contributed by atoms with Crippen molar-refractivity contribution in [1.82, 2.24) is 10.6 Å². The lowest BCUT2D eigenvalue weighted by molar-refractivity contribution is 0.150. The number of hydrogen-bond donors (Lipinski definition) is 3. The van der Waals surface area contributed by atoms with Crippen LogP contribution in [0.1, 0.15) is 26.2 Å². The van der Waals surface area contributed by atoms with Crippen molar-refractivity contribution in [2.24, 2.45) is 11.8 Å². The zero-order chi connectivity index (χ0) is 9.26. The minimum atomic E-state index is -0.258. The summed E-state index contributed by atoms with van der Waals surface area (Å²) in [6.07, 6.45) is 3.28. The zero-order valence-electron chi connectivity index (χ0n) is 8.29. The number of aliphatic hydroxyl groups is 1. The Kier molecular flexibility index (Phi) is 2.86. The number of piperidine rings is 1. The van der Waals surface area contributed by atoms with Gasteiger partial charge in [0.2, 0.25) is 0 Å². The number of rotatable bonds is 1. The highest BCUT2D eigenvalue weighted by Crippen LogP contribution is 2.24. The molecule has 0 amide bonds. The van der Waals surface area contributed by atoms with Crippen molar-refractivity contribution in [2.45, 2.75) is 38.5 Å². The number of nitrogens with one attached hydrogen (secondary N) is 2. The average molecular weight is 184 g/mol. The minimum Gasteiger partial charge on any atom is -0.379 e. The van der Waals surface area contributed by atoms with E-state index in [9.17, 15) is 5.11 Å². The third-order valence-corrected chi connectivity index (χ3v) is 3.41. The van der Waals surface area contributed by atoms with E-state index in [4.69, 9.17) is 0 Å². The molecule has 4 unspecified atom stereocenters. The lowest BCUT2D eigenvalue weighted by atomic mass is 9.88. The van der Waals surface area contributed by atoms with Crippen molar-refractivity contribution < 1.29 is 5.11 Å². The lowest BCUT2D eigenvalue weighted by Crippen LogP contribution is -2.43. The predicted molar refractivity (Wildman–Crippen MR) is 52.3 cm³/mol. The molecule has 3 nitrogen and oxygen atoms in total. The first-order valence-corrected chi connectivity index (χ1v) is 5.40. The molecular formula is C10H20N2O. The maximum Gasteiger partial charge on any atom is 0.105 e. The molecular weight excluding hydrogens is 164 g/mol. The second kappa shape index (κ2) is 3.95. The highest BCUT2D eigenvalue weighted by atomic mass is 16.3. The molecule has 2 aliphatic rings. The van der Waals surface area contributed by atoms with Crippen LogP contribution in [0.15, 0.2) is 0 Å². The first-order valence-electron chi connectivity index (χ1n) is 5.40. The largest absolute Gasteiger partial charge is 0.379 e. The highest BCUT2D eigenvalue weighted by Gasteiger charge is 2.31. The van der Waals surface area contributed by atoms with Crippen molar-refractivity contribution in [3.05, 3.63) is 0 Å². The van der Waals surface area contributed by atoms with E-state index < -0.39 is 0 Å². The average Bonchev–Trinajstić information content (AvgIpc) is 2.53. The topological polar surface area (TPSA) is 44.3 Å². The van der Waals surface area contributed by atoms with E-state index in [1.165, 1.54) is 12.8 Å². The van der Waals surface area contributed by atoms with E-state index in [2.05, 4.69) is 17.6 Å². The molecule has 0 aromatic rings. The zero-order valence-corrected chi connectivity index (χ0v) is 8.29. The van der Waals surface area contributed by atoms with E-state index in [1.54, 1.807) is 0 Å². The molecule has 0 bridgehead atoms. The van der Waals surface area contributed by atoms with Gasteiger partial charge < -0.3 is 10.4 Å². The fourth-order valence-corrected chi connectivity index (χ4v) is 2.47. The summed E-state index contributed by atoms with van der Waals surface area (Å²) in [5.41, 5.74) is 0. The normalized spacial score (nSPS) is 46.6. The van der Waals surface area contributed by atoms with Crippen molar-refractivity contribution in [3.63, 3.8) is 0 Å². The van der Waals surface area contributed by atoms with Crippen molar-refractivity contribution in [2.75, 3.05) is 13.1 Å². The summed E-state index contributed by atoms with van der Waals surface area (Å²) in [6.45, 7) is 4.43. The molecule has 0 aromatic carbocycles. The second-order valence-electron chi connectivity index (χ2n) is 4.62. The fraction of sp³-hybridized carbons (Fsp3) is 1.00. The van der Waals surface area contributed by atoms with Gasteiger partial charge in [0.25, 0.3) is 0 Å². The van der Waals surface area contributed by atoms with Gasteiger partial charge in [-0.25, -0.2) is 0 Å². The van der Waals surface area contributed by atoms with Crippen LogP contribution in [0.25, 0.3) is 0 Å². The fourth-order valence-electron chi connectivity index (χ4n) is 2.47. The van der Waals surface area contributed by atoms with Crippen LogP contribution in [-0.4, -0.2) is 30.5 Å². The first-order chi connectivity index (χ1) is 6.25. The monoisotopic (exact) mass is 184 g/mol. The summed E-state index contributed by atoms with van der Waals surface area (Å²) in [4.78, 5) is 0. The Hall–Kier alpha value is -0.120. The second-order valence-corrected chi connectivity index (χ2v) is 4.62. The van der Waals surface area contributed by atoms with Gasteiger partial charge in [-0.2, -0.15) is 0 Å². The summed E-state index contributed by atoms with van der Waals surface area (Å²) >= 11 is 0. The Morgan fingerprint density at radius 3 is 2.54 bits per heavy atom. The highest BCUT2D eigenvalue weighted by molar-refractivity contribution is 4.87. The molecule has 0 aromatic heterocycles. The summed E-state index contributed by atoms with van der Waals surface area (Å²) in [6, 6.07) is 0.640. The van der Waals surface area contributed by atoms with Gasteiger partial charge in [0, 0.05) is 12.6 Å². The van der Waals surface area contributed by atoms with Crippen molar-refractivity contribution in [3.8, 4) is 0 Å². The van der Waals surface area contributed by atoms with Crippen LogP contribution in [0.4, 0.5) is 0 Å². The Morgan fingerprint density at radius 2 is 2.00 bits per heavy atom. The van der Waals surface area contributed by atoms with Gasteiger partial charge in [0.05, 0.1) is 0 Å². The van der Waals surface area contributed by atoms with Gasteiger partial charge >= 0.3 is 0 Å². The predicted octanol–water partition coefficient (Wildman–Crippen LogP) is 0.302. The van der Waals surface area contributed by atoms with Crippen LogP contribution in [0, 0.1) is 11.8 Å². The summed E-state index contributed by atoms with van der Waals surface area (Å²) in [5, 5.41) is 16.0. The Balaban J connectivity index is 1.81. The van der Waals surface area contributed by atoms with Crippen LogP contribution in [0.3, 0.4) is 0 Å². The Morgan fingerprint density at radius 1 is 1.15 bits per heavy atom. The third-order valence-electron chi connectivity index (χ3n) is 3.41. The quantitative estimate of drug-likeness (QED) is 0.549. The molecule has 0 spiro atoms. The van der Waals surface area contributed by atoms with Crippen LogP contribution in [0.5, 0.6) is 0 Å². The minimum absolute atomic E-state index is 0.258. The van der Waals surface area contributed by atoms with E-state index in [1.807, 2.05) is 0 Å². The summed E-state index contributed by atoms with van der Waals surface area (Å²) < 4.78 is 0. The molecule has 76 valence electrons. The van der Waals surface area contributed by atoms with Crippen molar-refractivity contribution >= 4 is 0 Å². The molecule has 0 saturated carbocycles. The van der Waals surface area contributed by atoms with E-state index in [-0.39, 0.29) is 6.23 Å². The van der Waals surface area contributed by atoms with Crippen LogP contribution >= 0.6 is 0 Å². The van der Waals surface area contributed by atoms with Crippen molar-refractivity contribution in [1.29, 1.82) is 0 Å².